The van der Waals surface area contributed by atoms with E-state index in [0.717, 1.165) is 11.3 Å². The van der Waals surface area contributed by atoms with Gasteiger partial charge in [0.2, 0.25) is 5.16 Å². The number of esters is 1. The van der Waals surface area contributed by atoms with E-state index in [-0.39, 0.29) is 17.3 Å². The third-order valence-corrected chi connectivity index (χ3v) is 4.20. The maximum Gasteiger partial charge on any atom is 0.319 e. The number of carbonyl (C=O) groups is 1. The molecule has 104 valence electrons. The second kappa shape index (κ2) is 5.24. The summed E-state index contributed by atoms with van der Waals surface area (Å²) in [4.78, 5) is 11.7. The van der Waals surface area contributed by atoms with Crippen LogP contribution in [0.2, 0.25) is 0 Å². The second-order valence-electron chi connectivity index (χ2n) is 4.80. The number of ether oxygens (including phenoxy) is 1. The molecule has 1 saturated heterocycles. The molecule has 0 N–H and O–H groups in total. The average Bonchev–Trinajstić information content (AvgIpc) is 2.97. The lowest BCUT2D eigenvalue weighted by Gasteiger charge is -2.06. The van der Waals surface area contributed by atoms with Crippen molar-refractivity contribution in [2.45, 2.75) is 36.8 Å². The Balaban J connectivity index is 1.86. The van der Waals surface area contributed by atoms with E-state index in [1.807, 2.05) is 38.1 Å². The molecule has 1 aliphatic heterocycles. The second-order valence-corrected chi connectivity index (χ2v) is 5.97. The zero-order valence-corrected chi connectivity index (χ0v) is 12.0. The Labute approximate surface area is 120 Å². The highest BCUT2D eigenvalue weighted by Crippen LogP contribution is 2.31. The first-order valence-corrected chi connectivity index (χ1v) is 7.24. The summed E-state index contributed by atoms with van der Waals surface area (Å²) in [6.45, 7) is 3.90. The maximum atomic E-state index is 11.7. The number of thioether (sulfide) groups is 1. The van der Waals surface area contributed by atoms with E-state index in [1.165, 1.54) is 11.8 Å². The molecular weight excluding hydrogens is 276 g/mol. The first-order chi connectivity index (χ1) is 9.63. The zero-order chi connectivity index (χ0) is 14.1. The van der Waals surface area contributed by atoms with Gasteiger partial charge in [0.25, 0.3) is 0 Å². The van der Waals surface area contributed by atoms with Gasteiger partial charge in [0.1, 0.15) is 11.4 Å². The highest BCUT2D eigenvalue weighted by Gasteiger charge is 2.34. The molecule has 0 amide bonds. The molecule has 0 bridgehead atoms. The van der Waals surface area contributed by atoms with Gasteiger partial charge in [-0.15, -0.1) is 5.10 Å². The SMILES string of the molecule is Cc1cccc(-n2nnnc2S[C@@H]2C[C@@H](C)OC2=O)c1. The molecule has 1 fully saturated rings. The van der Waals surface area contributed by atoms with Crippen molar-refractivity contribution in [2.75, 3.05) is 0 Å². The molecule has 1 aromatic carbocycles. The van der Waals surface area contributed by atoms with Crippen molar-refractivity contribution in [1.29, 1.82) is 0 Å². The summed E-state index contributed by atoms with van der Waals surface area (Å²) in [6, 6.07) is 7.89. The molecular formula is C13H14N4O2S. The molecule has 20 heavy (non-hydrogen) atoms. The minimum absolute atomic E-state index is 0.0386. The van der Waals surface area contributed by atoms with E-state index in [2.05, 4.69) is 15.5 Å². The summed E-state index contributed by atoms with van der Waals surface area (Å²) in [5, 5.41) is 12.1. The predicted molar refractivity (Wildman–Crippen MR) is 73.7 cm³/mol. The Bertz CT molecular complexity index is 643. The van der Waals surface area contributed by atoms with Gasteiger partial charge in [-0.2, -0.15) is 4.68 Å². The number of benzene rings is 1. The van der Waals surface area contributed by atoms with Gasteiger partial charge in [-0.1, -0.05) is 23.9 Å². The van der Waals surface area contributed by atoms with Crippen molar-refractivity contribution in [1.82, 2.24) is 20.2 Å². The van der Waals surface area contributed by atoms with Crippen LogP contribution in [0.25, 0.3) is 5.69 Å². The molecule has 0 aliphatic carbocycles. The van der Waals surface area contributed by atoms with E-state index >= 15 is 0 Å². The lowest BCUT2D eigenvalue weighted by molar-refractivity contribution is -0.140. The molecule has 2 aromatic rings. The Morgan fingerprint density at radius 3 is 3.00 bits per heavy atom. The molecule has 3 rings (SSSR count). The van der Waals surface area contributed by atoms with Crippen LogP contribution in [-0.4, -0.2) is 37.5 Å². The van der Waals surface area contributed by atoms with E-state index in [4.69, 9.17) is 4.74 Å². The smallest absolute Gasteiger partial charge is 0.319 e. The minimum atomic E-state index is -0.237. The number of hydrogen-bond donors (Lipinski definition) is 0. The number of aromatic nitrogens is 4. The molecule has 2 atom stereocenters. The van der Waals surface area contributed by atoms with Gasteiger partial charge in [0, 0.05) is 6.42 Å². The van der Waals surface area contributed by atoms with Crippen molar-refractivity contribution in [2.24, 2.45) is 0 Å². The summed E-state index contributed by atoms with van der Waals surface area (Å²) in [7, 11) is 0. The number of aryl methyl sites for hydroxylation is 1. The number of carbonyl (C=O) groups excluding carboxylic acids is 1. The van der Waals surface area contributed by atoms with Gasteiger partial charge in [-0.3, -0.25) is 4.79 Å². The van der Waals surface area contributed by atoms with Crippen LogP contribution in [0.15, 0.2) is 29.4 Å². The van der Waals surface area contributed by atoms with Gasteiger partial charge < -0.3 is 4.74 Å². The molecule has 0 unspecified atom stereocenters. The Kier molecular flexibility index (Phi) is 3.43. The third-order valence-electron chi connectivity index (χ3n) is 3.06. The van der Waals surface area contributed by atoms with Crippen LogP contribution < -0.4 is 0 Å². The summed E-state index contributed by atoms with van der Waals surface area (Å²) in [5.74, 6) is -0.193. The van der Waals surface area contributed by atoms with E-state index in [9.17, 15) is 4.79 Å². The molecule has 0 radical (unpaired) electrons. The Morgan fingerprint density at radius 1 is 1.45 bits per heavy atom. The lowest BCUT2D eigenvalue weighted by atomic mass is 10.2. The van der Waals surface area contributed by atoms with Crippen LogP contribution >= 0.6 is 11.8 Å². The van der Waals surface area contributed by atoms with Crippen LogP contribution in [0, 0.1) is 6.92 Å². The topological polar surface area (TPSA) is 69.9 Å². The fraction of sp³-hybridized carbons (Fsp3) is 0.385. The molecule has 2 heterocycles. The molecule has 7 heteroatoms. The van der Waals surface area contributed by atoms with Gasteiger partial charge in [0.15, 0.2) is 0 Å². The monoisotopic (exact) mass is 290 g/mol. The highest BCUT2D eigenvalue weighted by molar-refractivity contribution is 8.00. The summed E-state index contributed by atoms with van der Waals surface area (Å²) in [5.41, 5.74) is 2.01. The quantitative estimate of drug-likeness (QED) is 0.802. The van der Waals surface area contributed by atoms with E-state index in [1.54, 1.807) is 4.68 Å². The van der Waals surface area contributed by atoms with Gasteiger partial charge in [-0.25, -0.2) is 0 Å². The van der Waals surface area contributed by atoms with Crippen LogP contribution in [0.5, 0.6) is 0 Å². The molecule has 1 aromatic heterocycles. The Hall–Kier alpha value is -1.89. The summed E-state index contributed by atoms with van der Waals surface area (Å²) >= 11 is 1.35. The van der Waals surface area contributed by atoms with Gasteiger partial charge in [-0.05, 0) is 42.0 Å². The lowest BCUT2D eigenvalue weighted by Crippen LogP contribution is -2.11. The molecule has 1 aliphatic rings. The average molecular weight is 290 g/mol. The molecule has 0 spiro atoms. The first kappa shape index (κ1) is 13.1. The van der Waals surface area contributed by atoms with Crippen LogP contribution in [-0.2, 0) is 9.53 Å². The van der Waals surface area contributed by atoms with Crippen LogP contribution in [0.4, 0.5) is 0 Å². The van der Waals surface area contributed by atoms with Gasteiger partial charge in [0.05, 0.1) is 5.69 Å². The Morgan fingerprint density at radius 2 is 2.30 bits per heavy atom. The maximum absolute atomic E-state index is 11.7. The van der Waals surface area contributed by atoms with E-state index in [0.29, 0.717) is 11.6 Å². The van der Waals surface area contributed by atoms with Crippen molar-refractivity contribution < 1.29 is 9.53 Å². The summed E-state index contributed by atoms with van der Waals surface area (Å²) < 4.78 is 6.80. The summed E-state index contributed by atoms with van der Waals surface area (Å²) in [6.07, 6.45) is 0.646. The molecule has 6 nitrogen and oxygen atoms in total. The predicted octanol–water partition coefficient (Wildman–Crippen LogP) is 1.77. The number of hydrogen-bond acceptors (Lipinski definition) is 6. The first-order valence-electron chi connectivity index (χ1n) is 6.36. The van der Waals surface area contributed by atoms with Crippen LogP contribution in [0.3, 0.4) is 0 Å². The third kappa shape index (κ3) is 2.53. The number of rotatable bonds is 3. The largest absolute Gasteiger partial charge is 0.462 e. The van der Waals surface area contributed by atoms with Gasteiger partial charge >= 0.3 is 5.97 Å². The minimum Gasteiger partial charge on any atom is -0.462 e. The fourth-order valence-electron chi connectivity index (χ4n) is 2.12. The number of cyclic esters (lactones) is 1. The number of tetrazole rings is 1. The highest BCUT2D eigenvalue weighted by atomic mass is 32.2. The van der Waals surface area contributed by atoms with Crippen molar-refractivity contribution in [3.63, 3.8) is 0 Å². The standard InChI is InChI=1S/C13H14N4O2S/c1-8-4-3-5-10(6-8)17-13(14-15-16-17)20-11-7-9(2)19-12(11)18/h3-6,9,11H,7H2,1-2H3/t9-,11-/m1/s1. The van der Waals surface area contributed by atoms with Crippen molar-refractivity contribution >= 4 is 17.7 Å². The number of nitrogens with zero attached hydrogens (tertiary/aromatic N) is 4. The zero-order valence-electron chi connectivity index (χ0n) is 11.2. The molecule has 0 saturated carbocycles. The normalized spacial score (nSPS) is 22.0. The van der Waals surface area contributed by atoms with Crippen LogP contribution in [0.1, 0.15) is 18.9 Å². The van der Waals surface area contributed by atoms with E-state index < -0.39 is 0 Å². The fourth-order valence-corrected chi connectivity index (χ4v) is 3.22. The van der Waals surface area contributed by atoms with Crippen molar-refractivity contribution in [3.8, 4) is 5.69 Å². The van der Waals surface area contributed by atoms with Crippen molar-refractivity contribution in [3.05, 3.63) is 29.8 Å².